The van der Waals surface area contributed by atoms with E-state index in [0.717, 1.165) is 63.8 Å². The van der Waals surface area contributed by atoms with Crippen molar-refractivity contribution in [2.75, 3.05) is 0 Å². The summed E-state index contributed by atoms with van der Waals surface area (Å²) in [6.45, 7) is 2.10. The Bertz CT molecular complexity index is 1790. The molecule has 0 unspecified atom stereocenters. The highest BCUT2D eigenvalue weighted by atomic mass is 19.1. The van der Waals surface area contributed by atoms with E-state index in [2.05, 4.69) is 52.5 Å². The first kappa shape index (κ1) is 21.1. The monoisotopic (exact) mass is 473 g/mol. The number of furan rings is 1. The number of benzene rings is 3. The van der Waals surface area contributed by atoms with E-state index in [-0.39, 0.29) is 5.82 Å². The Morgan fingerprint density at radius 2 is 1.58 bits per heavy atom. The second-order valence-electron chi connectivity index (χ2n) is 9.76. The lowest BCUT2D eigenvalue weighted by Gasteiger charge is -2.14. The van der Waals surface area contributed by atoms with Gasteiger partial charge in [0.05, 0.1) is 16.8 Å². The minimum Gasteiger partial charge on any atom is -0.454 e. The zero-order chi connectivity index (χ0) is 24.4. The Balaban J connectivity index is 1.57. The third kappa shape index (κ3) is 3.00. The summed E-state index contributed by atoms with van der Waals surface area (Å²) in [5, 5.41) is 1.93. The van der Waals surface area contributed by atoms with Crippen molar-refractivity contribution in [1.29, 1.82) is 0 Å². The van der Waals surface area contributed by atoms with Gasteiger partial charge in [-0.15, -0.1) is 0 Å². The van der Waals surface area contributed by atoms with Crippen molar-refractivity contribution in [3.8, 4) is 28.2 Å². The Kier molecular flexibility index (Phi) is 4.65. The van der Waals surface area contributed by atoms with Gasteiger partial charge in [-0.1, -0.05) is 30.3 Å². The first-order chi connectivity index (χ1) is 17.6. The lowest BCUT2D eigenvalue weighted by atomic mass is 9.99. The van der Waals surface area contributed by atoms with Crippen LogP contribution in [0, 0.1) is 12.7 Å². The summed E-state index contributed by atoms with van der Waals surface area (Å²) in [4.78, 5) is 0. The van der Waals surface area contributed by atoms with Gasteiger partial charge >= 0.3 is 0 Å². The number of rotatable bonds is 3. The number of pyridine rings is 1. The van der Waals surface area contributed by atoms with Crippen molar-refractivity contribution < 1.29 is 13.4 Å². The van der Waals surface area contributed by atoms with E-state index in [9.17, 15) is 0 Å². The van der Waals surface area contributed by atoms with Crippen LogP contribution in [0.1, 0.15) is 23.2 Å². The van der Waals surface area contributed by atoms with E-state index in [1.54, 1.807) is 6.07 Å². The van der Waals surface area contributed by atoms with Crippen molar-refractivity contribution in [1.82, 2.24) is 4.57 Å². The first-order valence-electron chi connectivity index (χ1n) is 12.5. The highest BCUT2D eigenvalue weighted by Gasteiger charge is 2.27. The van der Waals surface area contributed by atoms with E-state index in [1.807, 2.05) is 49.6 Å². The molecule has 3 nitrogen and oxygen atoms in total. The third-order valence-corrected chi connectivity index (χ3v) is 7.60. The summed E-state index contributed by atoms with van der Waals surface area (Å²) in [7, 11) is 2.04. The van der Waals surface area contributed by atoms with Gasteiger partial charge in [0.25, 0.3) is 0 Å². The van der Waals surface area contributed by atoms with E-state index in [1.165, 1.54) is 11.3 Å². The van der Waals surface area contributed by atoms with Crippen molar-refractivity contribution in [3.63, 3.8) is 0 Å². The molecule has 1 aliphatic carbocycles. The second-order valence-corrected chi connectivity index (χ2v) is 9.76. The van der Waals surface area contributed by atoms with E-state index >= 15 is 4.39 Å². The molecule has 6 aromatic rings. The van der Waals surface area contributed by atoms with Crippen molar-refractivity contribution in [2.45, 2.75) is 26.2 Å². The molecule has 7 rings (SSSR count). The van der Waals surface area contributed by atoms with Crippen molar-refractivity contribution >= 4 is 21.9 Å². The molecule has 0 N–H and O–H groups in total. The van der Waals surface area contributed by atoms with Gasteiger partial charge in [0.15, 0.2) is 6.20 Å². The highest BCUT2D eigenvalue weighted by Crippen LogP contribution is 2.43. The molecule has 176 valence electrons. The molecular formula is C32H26FN2O+. The maximum absolute atomic E-state index is 15.8. The summed E-state index contributed by atoms with van der Waals surface area (Å²) in [5.74, 6) is -0.265. The number of aromatic nitrogens is 2. The molecule has 4 heteroatoms. The van der Waals surface area contributed by atoms with Gasteiger partial charge in [0.1, 0.15) is 24.0 Å². The molecule has 0 saturated heterocycles. The predicted octanol–water partition coefficient (Wildman–Crippen LogP) is 7.47. The van der Waals surface area contributed by atoms with Crippen molar-refractivity contribution in [3.05, 3.63) is 108 Å². The molecule has 0 bridgehead atoms. The van der Waals surface area contributed by atoms with Crippen LogP contribution in [0.15, 0.2) is 89.5 Å². The summed E-state index contributed by atoms with van der Waals surface area (Å²) < 4.78 is 26.8. The van der Waals surface area contributed by atoms with E-state index in [4.69, 9.17) is 4.42 Å². The van der Waals surface area contributed by atoms with Gasteiger partial charge in [0.2, 0.25) is 5.69 Å². The Morgan fingerprint density at radius 3 is 2.39 bits per heavy atom. The summed E-state index contributed by atoms with van der Waals surface area (Å²) >= 11 is 0. The van der Waals surface area contributed by atoms with Crippen LogP contribution in [0.3, 0.4) is 0 Å². The van der Waals surface area contributed by atoms with Gasteiger partial charge in [-0.25, -0.2) is 8.96 Å². The normalized spacial score (nSPS) is 13.1. The number of aryl methyl sites for hydroxylation is 3. The number of nitrogens with zero attached hydrogens (tertiary/aromatic N) is 2. The molecule has 0 aliphatic heterocycles. The number of halogens is 1. The number of hydrogen-bond acceptors (Lipinski definition) is 1. The fraction of sp³-hybridized carbons (Fsp3) is 0.156. The summed E-state index contributed by atoms with van der Waals surface area (Å²) in [6.07, 6.45) is 5.19. The van der Waals surface area contributed by atoms with E-state index in [0.29, 0.717) is 11.1 Å². The van der Waals surface area contributed by atoms with Gasteiger partial charge in [-0.2, -0.15) is 0 Å². The maximum atomic E-state index is 15.8. The topological polar surface area (TPSA) is 21.9 Å². The molecule has 36 heavy (non-hydrogen) atoms. The lowest BCUT2D eigenvalue weighted by Crippen LogP contribution is -2.30. The number of hydrogen-bond donors (Lipinski definition) is 0. The van der Waals surface area contributed by atoms with Crippen LogP contribution in [0.4, 0.5) is 4.39 Å². The number of fused-ring (bicyclic) bond motifs is 4. The molecule has 3 aromatic carbocycles. The van der Waals surface area contributed by atoms with Crippen LogP contribution in [-0.2, 0) is 19.9 Å². The zero-order valence-corrected chi connectivity index (χ0v) is 20.4. The fourth-order valence-corrected chi connectivity index (χ4v) is 5.91. The second kappa shape index (κ2) is 7.92. The molecule has 3 aromatic heterocycles. The highest BCUT2D eigenvalue weighted by molar-refractivity contribution is 6.13. The zero-order valence-electron chi connectivity index (χ0n) is 20.4. The largest absolute Gasteiger partial charge is 0.454 e. The molecule has 0 radical (unpaired) electrons. The Labute approximate surface area is 209 Å². The molecule has 0 saturated carbocycles. The minimum atomic E-state index is -0.265. The van der Waals surface area contributed by atoms with Gasteiger partial charge in [-0.05, 0) is 73.7 Å². The molecule has 0 spiro atoms. The van der Waals surface area contributed by atoms with Crippen LogP contribution in [-0.4, -0.2) is 4.57 Å². The van der Waals surface area contributed by atoms with Gasteiger partial charge in [-0.3, -0.25) is 0 Å². The van der Waals surface area contributed by atoms with Crippen LogP contribution < -0.4 is 4.57 Å². The molecule has 1 aliphatic rings. The smallest absolute Gasteiger partial charge is 0.216 e. The quantitative estimate of drug-likeness (QED) is 0.244. The van der Waals surface area contributed by atoms with Crippen LogP contribution in [0.2, 0.25) is 0 Å². The third-order valence-electron chi connectivity index (χ3n) is 7.60. The number of para-hydroxylation sites is 1. The molecular weight excluding hydrogens is 447 g/mol. The van der Waals surface area contributed by atoms with Gasteiger partial charge in [0, 0.05) is 34.3 Å². The molecule has 3 heterocycles. The van der Waals surface area contributed by atoms with Crippen LogP contribution in [0.5, 0.6) is 0 Å². The fourth-order valence-electron chi connectivity index (χ4n) is 5.91. The average molecular weight is 474 g/mol. The SMILES string of the molecule is Cc1ccc2c(oc3c(-c4cc5c(n4-c4ccccc4)CCC5)c(F)ccc32)c1-c1cccc[n+]1C. The molecule has 0 fully saturated rings. The Hall–Kier alpha value is -4.18. The van der Waals surface area contributed by atoms with Crippen LogP contribution in [0.25, 0.3) is 50.1 Å². The van der Waals surface area contributed by atoms with E-state index < -0.39 is 0 Å². The molecule has 0 atom stereocenters. The van der Waals surface area contributed by atoms with Crippen LogP contribution >= 0.6 is 0 Å². The minimum absolute atomic E-state index is 0.265. The summed E-state index contributed by atoms with van der Waals surface area (Å²) in [6, 6.07) is 26.3. The predicted molar refractivity (Wildman–Crippen MR) is 142 cm³/mol. The maximum Gasteiger partial charge on any atom is 0.216 e. The van der Waals surface area contributed by atoms with Gasteiger partial charge < -0.3 is 8.98 Å². The average Bonchev–Trinajstić information content (AvgIpc) is 3.58. The molecule has 0 amide bonds. The Morgan fingerprint density at radius 1 is 0.833 bits per heavy atom. The standard InChI is InChI=1S/C32H26FN2O/c1-20-14-15-23-24-16-17-25(33)30(32(24)36-31(23)29(20)27-12-6-7-18-34(27)2)28-19-21-9-8-13-26(21)35(28)22-10-4-3-5-11-22/h3-7,10-12,14-19H,8-9,13H2,1-2H3/q+1. The van der Waals surface area contributed by atoms with Crippen molar-refractivity contribution in [2.24, 2.45) is 7.05 Å². The first-order valence-corrected chi connectivity index (χ1v) is 12.5. The summed E-state index contributed by atoms with van der Waals surface area (Å²) in [5.41, 5.74) is 9.64. The lowest BCUT2D eigenvalue weighted by molar-refractivity contribution is -0.660.